The monoisotopic (exact) mass is 274 g/mol. The van der Waals surface area contributed by atoms with Crippen LogP contribution >= 0.6 is 0 Å². The second-order valence-corrected chi connectivity index (χ2v) is 4.16. The molecule has 0 aliphatic rings. The highest BCUT2D eigenvalue weighted by molar-refractivity contribution is 5.35. The highest BCUT2D eigenvalue weighted by Crippen LogP contribution is 2.23. The first-order valence-corrected chi connectivity index (χ1v) is 6.40. The van der Waals surface area contributed by atoms with E-state index in [1.165, 1.54) is 0 Å². The van der Waals surface area contributed by atoms with Gasteiger partial charge < -0.3 is 19.9 Å². The van der Waals surface area contributed by atoms with E-state index in [4.69, 9.17) is 14.6 Å². The molecular weight excluding hydrogens is 256 g/mol. The van der Waals surface area contributed by atoms with Crippen LogP contribution in [0.1, 0.15) is 5.69 Å². The van der Waals surface area contributed by atoms with Gasteiger partial charge in [0, 0.05) is 25.4 Å². The van der Waals surface area contributed by atoms with Gasteiger partial charge in [-0.15, -0.1) is 0 Å². The van der Waals surface area contributed by atoms with Crippen molar-refractivity contribution in [3.63, 3.8) is 0 Å². The summed E-state index contributed by atoms with van der Waals surface area (Å²) in [6, 6.07) is 11.1. The summed E-state index contributed by atoms with van der Waals surface area (Å²) in [6.07, 6.45) is 1.70. The van der Waals surface area contributed by atoms with Crippen molar-refractivity contribution in [2.75, 3.05) is 20.3 Å². The summed E-state index contributed by atoms with van der Waals surface area (Å²) in [5, 5.41) is 11.8. The van der Waals surface area contributed by atoms with Gasteiger partial charge in [-0.05, 0) is 30.3 Å². The lowest BCUT2D eigenvalue weighted by Crippen LogP contribution is -2.18. The summed E-state index contributed by atoms with van der Waals surface area (Å²) >= 11 is 0. The van der Waals surface area contributed by atoms with Crippen molar-refractivity contribution >= 4 is 0 Å². The van der Waals surface area contributed by atoms with E-state index in [1.54, 1.807) is 19.4 Å². The van der Waals surface area contributed by atoms with Crippen LogP contribution in [0.15, 0.2) is 42.6 Å². The van der Waals surface area contributed by atoms with Gasteiger partial charge in [-0.1, -0.05) is 0 Å². The molecule has 0 amide bonds. The molecule has 0 spiro atoms. The van der Waals surface area contributed by atoms with Crippen LogP contribution in [0.2, 0.25) is 0 Å². The van der Waals surface area contributed by atoms with Crippen molar-refractivity contribution in [1.82, 2.24) is 10.3 Å². The Hall–Kier alpha value is -2.11. The summed E-state index contributed by atoms with van der Waals surface area (Å²) in [5.74, 6) is 2.26. The van der Waals surface area contributed by atoms with E-state index in [1.807, 2.05) is 30.3 Å². The first-order chi connectivity index (χ1) is 9.81. The molecule has 0 saturated heterocycles. The van der Waals surface area contributed by atoms with Crippen molar-refractivity contribution in [1.29, 1.82) is 0 Å². The molecule has 20 heavy (non-hydrogen) atoms. The maximum absolute atomic E-state index is 8.72. The number of hydrogen-bond acceptors (Lipinski definition) is 5. The van der Waals surface area contributed by atoms with E-state index in [0.717, 1.165) is 22.9 Å². The number of methoxy groups -OCH3 is 1. The van der Waals surface area contributed by atoms with Crippen molar-refractivity contribution in [3.8, 4) is 17.2 Å². The Morgan fingerprint density at radius 3 is 2.55 bits per heavy atom. The highest BCUT2D eigenvalue weighted by Gasteiger charge is 2.01. The number of hydrogen-bond donors (Lipinski definition) is 2. The van der Waals surface area contributed by atoms with Gasteiger partial charge in [0.2, 0.25) is 0 Å². The largest absolute Gasteiger partial charge is 0.497 e. The molecule has 0 bridgehead atoms. The standard InChI is InChI=1S/C15H18N2O3/c1-19-13-2-4-14(5-3-13)20-15-6-7-17-12(10-15)11-16-8-9-18/h2-7,10,16,18H,8-9,11H2,1H3. The third kappa shape index (κ3) is 4.22. The quantitative estimate of drug-likeness (QED) is 0.756. The topological polar surface area (TPSA) is 63.6 Å². The average molecular weight is 274 g/mol. The molecule has 2 N–H and O–H groups in total. The van der Waals surface area contributed by atoms with E-state index < -0.39 is 0 Å². The van der Waals surface area contributed by atoms with Gasteiger partial charge in [-0.3, -0.25) is 4.98 Å². The molecular formula is C15H18N2O3. The molecule has 0 atom stereocenters. The maximum Gasteiger partial charge on any atom is 0.130 e. The highest BCUT2D eigenvalue weighted by atomic mass is 16.5. The Balaban J connectivity index is 1.99. The van der Waals surface area contributed by atoms with Gasteiger partial charge in [0.15, 0.2) is 0 Å². The number of ether oxygens (including phenoxy) is 2. The number of aliphatic hydroxyl groups is 1. The first-order valence-electron chi connectivity index (χ1n) is 6.40. The number of nitrogens with zero attached hydrogens (tertiary/aromatic N) is 1. The Bertz CT molecular complexity index is 529. The maximum atomic E-state index is 8.72. The molecule has 0 saturated carbocycles. The average Bonchev–Trinajstić information content (AvgIpc) is 2.49. The van der Waals surface area contributed by atoms with Gasteiger partial charge in [0.25, 0.3) is 0 Å². The van der Waals surface area contributed by atoms with Crippen molar-refractivity contribution < 1.29 is 14.6 Å². The molecule has 0 fully saturated rings. The van der Waals surface area contributed by atoms with Crippen molar-refractivity contribution in [3.05, 3.63) is 48.3 Å². The fraction of sp³-hybridized carbons (Fsp3) is 0.267. The Labute approximate surface area is 118 Å². The number of benzene rings is 1. The zero-order valence-corrected chi connectivity index (χ0v) is 11.4. The van der Waals surface area contributed by atoms with Crippen LogP contribution in [-0.2, 0) is 6.54 Å². The SMILES string of the molecule is COc1ccc(Oc2ccnc(CNCCO)c2)cc1. The predicted molar refractivity (Wildman–Crippen MR) is 76.1 cm³/mol. The lowest BCUT2D eigenvalue weighted by molar-refractivity contribution is 0.291. The smallest absolute Gasteiger partial charge is 0.130 e. The van der Waals surface area contributed by atoms with Crippen LogP contribution in [-0.4, -0.2) is 30.4 Å². The van der Waals surface area contributed by atoms with Crippen molar-refractivity contribution in [2.24, 2.45) is 0 Å². The first kappa shape index (κ1) is 14.3. The minimum atomic E-state index is 0.113. The van der Waals surface area contributed by atoms with Crippen LogP contribution in [0.5, 0.6) is 17.2 Å². The number of rotatable bonds is 7. The van der Waals surface area contributed by atoms with Gasteiger partial charge in [-0.2, -0.15) is 0 Å². The Morgan fingerprint density at radius 2 is 1.85 bits per heavy atom. The summed E-state index contributed by atoms with van der Waals surface area (Å²) < 4.78 is 10.9. The number of aromatic nitrogens is 1. The summed E-state index contributed by atoms with van der Waals surface area (Å²) in [5.41, 5.74) is 0.865. The minimum Gasteiger partial charge on any atom is -0.497 e. The summed E-state index contributed by atoms with van der Waals surface area (Å²) in [6.45, 7) is 1.26. The van der Waals surface area contributed by atoms with Gasteiger partial charge in [-0.25, -0.2) is 0 Å². The number of pyridine rings is 1. The lowest BCUT2D eigenvalue weighted by Gasteiger charge is -2.08. The number of nitrogens with one attached hydrogen (secondary N) is 1. The summed E-state index contributed by atoms with van der Waals surface area (Å²) in [7, 11) is 1.63. The molecule has 1 aromatic heterocycles. The molecule has 0 unspecified atom stereocenters. The molecule has 5 nitrogen and oxygen atoms in total. The van der Waals surface area contributed by atoms with E-state index >= 15 is 0 Å². The molecule has 5 heteroatoms. The van der Waals surface area contributed by atoms with Crippen LogP contribution in [0.25, 0.3) is 0 Å². The van der Waals surface area contributed by atoms with Crippen LogP contribution < -0.4 is 14.8 Å². The van der Waals surface area contributed by atoms with E-state index in [9.17, 15) is 0 Å². The second kappa shape index (κ2) is 7.47. The predicted octanol–water partition coefficient (Wildman–Crippen LogP) is 1.96. The van der Waals surface area contributed by atoms with Crippen LogP contribution in [0, 0.1) is 0 Å². The Morgan fingerprint density at radius 1 is 1.10 bits per heavy atom. The molecule has 106 valence electrons. The normalized spacial score (nSPS) is 10.3. The van der Waals surface area contributed by atoms with Crippen LogP contribution in [0.4, 0.5) is 0 Å². The molecule has 0 aliphatic heterocycles. The minimum absolute atomic E-state index is 0.113. The van der Waals surface area contributed by atoms with Crippen molar-refractivity contribution in [2.45, 2.75) is 6.54 Å². The molecule has 1 aromatic carbocycles. The molecule has 1 heterocycles. The zero-order chi connectivity index (χ0) is 14.2. The van der Waals surface area contributed by atoms with Crippen LogP contribution in [0.3, 0.4) is 0 Å². The molecule has 0 aliphatic carbocycles. The fourth-order valence-electron chi connectivity index (χ4n) is 1.69. The van der Waals surface area contributed by atoms with Gasteiger partial charge in [0.1, 0.15) is 17.2 Å². The fourth-order valence-corrected chi connectivity index (χ4v) is 1.69. The van der Waals surface area contributed by atoms with Gasteiger partial charge >= 0.3 is 0 Å². The van der Waals surface area contributed by atoms with E-state index in [2.05, 4.69) is 10.3 Å². The molecule has 0 radical (unpaired) electrons. The molecule has 2 rings (SSSR count). The second-order valence-electron chi connectivity index (χ2n) is 4.16. The van der Waals surface area contributed by atoms with Gasteiger partial charge in [0.05, 0.1) is 19.4 Å². The third-order valence-electron chi connectivity index (χ3n) is 2.68. The van der Waals surface area contributed by atoms with E-state index in [0.29, 0.717) is 13.1 Å². The third-order valence-corrected chi connectivity index (χ3v) is 2.68. The number of aliphatic hydroxyl groups excluding tert-OH is 1. The zero-order valence-electron chi connectivity index (χ0n) is 11.4. The van der Waals surface area contributed by atoms with E-state index in [-0.39, 0.29) is 6.61 Å². The molecule has 2 aromatic rings. The summed E-state index contributed by atoms with van der Waals surface area (Å²) in [4.78, 5) is 4.24. The Kier molecular flexibility index (Phi) is 5.34. The lowest BCUT2D eigenvalue weighted by atomic mass is 10.3.